The van der Waals surface area contributed by atoms with Crippen LogP contribution in [0.15, 0.2) is 291 Å². The van der Waals surface area contributed by atoms with Gasteiger partial charge in [-0.2, -0.15) is 0 Å². The van der Waals surface area contributed by atoms with Crippen molar-refractivity contribution in [3.05, 3.63) is 324 Å². The number of rotatable bonds is 10. The summed E-state index contributed by atoms with van der Waals surface area (Å²) in [6.45, 7) is 9.61. The van der Waals surface area contributed by atoms with E-state index < -0.39 is 0 Å². The molecule has 2 heteroatoms. The third-order valence-electron chi connectivity index (χ3n) is 18.5. The van der Waals surface area contributed by atoms with Crippen LogP contribution in [0.3, 0.4) is 0 Å². The molecule has 2 unspecified atom stereocenters. The topological polar surface area (TPSA) is 6.48 Å². The van der Waals surface area contributed by atoms with Crippen molar-refractivity contribution < 1.29 is 0 Å². The minimum Gasteiger partial charge on any atom is -0.311 e. The SMILES string of the molecule is CC1(C)c2ccccc2-c2ccc(-c3c4ccc(N(C5=CCC(c6ccccc6)C=C5)c5ccccc5)cc4c(-c4ccc5c(c4)C(C)(C)c4ccccc4-5)c4ccc(N(C5=CCC(c6ccccc6)C=C5)c5ccccc5)cc34)cc21. The predicted molar refractivity (Wildman–Crippen MR) is 347 cm³/mol. The summed E-state index contributed by atoms with van der Waals surface area (Å²) in [5.41, 5.74) is 24.9. The highest BCUT2D eigenvalue weighted by Crippen LogP contribution is 2.55. The second kappa shape index (κ2) is 19.6. The maximum Gasteiger partial charge on any atom is 0.0468 e. The van der Waals surface area contributed by atoms with Crippen LogP contribution in [-0.4, -0.2) is 0 Å². The van der Waals surface area contributed by atoms with Crippen LogP contribution >= 0.6 is 0 Å². The Morgan fingerprint density at radius 1 is 0.317 bits per heavy atom. The molecule has 0 aliphatic heterocycles. The van der Waals surface area contributed by atoms with E-state index >= 15 is 0 Å². The Morgan fingerprint density at radius 2 is 0.683 bits per heavy atom. The van der Waals surface area contributed by atoms with Crippen LogP contribution in [0, 0.1) is 0 Å². The van der Waals surface area contributed by atoms with Crippen molar-refractivity contribution in [2.45, 2.75) is 63.2 Å². The largest absolute Gasteiger partial charge is 0.311 e. The van der Waals surface area contributed by atoms with Gasteiger partial charge < -0.3 is 9.80 Å². The maximum absolute atomic E-state index is 2.53. The van der Waals surface area contributed by atoms with Gasteiger partial charge in [-0.15, -0.1) is 0 Å². The first-order valence-electron chi connectivity index (χ1n) is 29.3. The van der Waals surface area contributed by atoms with E-state index in [0.29, 0.717) is 11.8 Å². The zero-order chi connectivity index (χ0) is 55.1. The Bertz CT molecular complexity index is 4160. The molecular formula is C80H64N2. The second-order valence-electron chi connectivity index (χ2n) is 23.9. The number of nitrogens with zero attached hydrogens (tertiary/aromatic N) is 2. The van der Waals surface area contributed by atoms with Gasteiger partial charge in [0.05, 0.1) is 0 Å². The molecule has 15 rings (SSSR count). The van der Waals surface area contributed by atoms with Crippen LogP contribution < -0.4 is 9.80 Å². The fourth-order valence-corrected chi connectivity index (χ4v) is 14.3. The lowest BCUT2D eigenvalue weighted by Gasteiger charge is -2.31. The van der Waals surface area contributed by atoms with Crippen LogP contribution in [0.5, 0.6) is 0 Å². The molecule has 2 nitrogen and oxygen atoms in total. The maximum atomic E-state index is 2.53. The van der Waals surface area contributed by atoms with Crippen molar-refractivity contribution in [2.75, 3.05) is 9.80 Å². The van der Waals surface area contributed by atoms with Crippen LogP contribution in [0.2, 0.25) is 0 Å². The summed E-state index contributed by atoms with van der Waals surface area (Å²) in [4.78, 5) is 4.94. The van der Waals surface area contributed by atoms with Gasteiger partial charge in [0, 0.05) is 56.8 Å². The van der Waals surface area contributed by atoms with Gasteiger partial charge in [0.1, 0.15) is 0 Å². The lowest BCUT2D eigenvalue weighted by molar-refractivity contribution is 0.660. The third kappa shape index (κ3) is 8.14. The molecule has 0 heterocycles. The van der Waals surface area contributed by atoms with E-state index in [1.165, 1.54) is 111 Å². The molecule has 4 aliphatic carbocycles. The van der Waals surface area contributed by atoms with E-state index in [4.69, 9.17) is 0 Å². The highest BCUT2D eigenvalue weighted by atomic mass is 15.2. The zero-order valence-corrected chi connectivity index (χ0v) is 47.0. The summed E-state index contributed by atoms with van der Waals surface area (Å²) >= 11 is 0. The van der Waals surface area contributed by atoms with Crippen molar-refractivity contribution in [1.29, 1.82) is 0 Å². The molecule has 2 atom stereocenters. The molecule has 0 bridgehead atoms. The molecule has 0 saturated carbocycles. The second-order valence-corrected chi connectivity index (χ2v) is 23.9. The zero-order valence-electron chi connectivity index (χ0n) is 47.0. The Kier molecular flexibility index (Phi) is 11.9. The van der Waals surface area contributed by atoms with E-state index in [9.17, 15) is 0 Å². The van der Waals surface area contributed by atoms with E-state index in [1.54, 1.807) is 0 Å². The standard InChI is InChI=1S/C80H64N2/c1-79(2)73-31-19-17-29-65(73)67-45-37-57(49-75(67)79)77-69-47-43-64(82(60-27-15-8-16-28-60)62-41-35-56(36-42-62)54-23-11-6-12-24-54)52-72(69)78(58-38-46-68-66-30-18-20-32-74(66)80(3,4)76(68)50-58)70-48-44-63(51-71(70)77)81(59-25-13-7-14-26-59)61-39-33-55(34-40-61)53-21-9-5-10-22-53/h5-33,35,37-52,55-56H,34,36H2,1-4H3. The molecule has 0 radical (unpaired) electrons. The molecule has 0 amide bonds. The normalized spacial score (nSPS) is 16.9. The molecule has 0 spiro atoms. The summed E-state index contributed by atoms with van der Waals surface area (Å²) in [5.74, 6) is 0.638. The van der Waals surface area contributed by atoms with Crippen LogP contribution in [-0.2, 0) is 10.8 Å². The molecule has 0 fully saturated rings. The van der Waals surface area contributed by atoms with Gasteiger partial charge in [-0.3, -0.25) is 0 Å². The van der Waals surface area contributed by atoms with Crippen LogP contribution in [0.1, 0.15) is 85.8 Å². The fourth-order valence-electron chi connectivity index (χ4n) is 14.3. The van der Waals surface area contributed by atoms with Crippen molar-refractivity contribution >= 4 is 44.3 Å². The fraction of sp³-hybridized carbons (Fsp3) is 0.125. The molecule has 0 N–H and O–H groups in total. The van der Waals surface area contributed by atoms with Crippen molar-refractivity contribution in [2.24, 2.45) is 0 Å². The number of benzene rings is 11. The van der Waals surface area contributed by atoms with E-state index in [1.807, 2.05) is 0 Å². The molecule has 4 aliphatic rings. The number of allylic oxidation sites excluding steroid dienone is 6. The van der Waals surface area contributed by atoms with E-state index in [0.717, 1.165) is 35.6 Å². The summed E-state index contributed by atoms with van der Waals surface area (Å²) in [5, 5.41) is 4.88. The smallest absolute Gasteiger partial charge is 0.0468 e. The number of para-hydroxylation sites is 2. The monoisotopic (exact) mass is 1050 g/mol. The Labute approximate surface area is 483 Å². The van der Waals surface area contributed by atoms with Gasteiger partial charge in [0.15, 0.2) is 0 Å². The molecular weight excluding hydrogens is 989 g/mol. The van der Waals surface area contributed by atoms with Gasteiger partial charge in [-0.05, 0) is 185 Å². The molecule has 0 aromatic heterocycles. The minimum atomic E-state index is -0.181. The number of hydrogen-bond donors (Lipinski definition) is 0. The third-order valence-corrected chi connectivity index (χ3v) is 18.5. The summed E-state index contributed by atoms with van der Waals surface area (Å²) in [6.07, 6.45) is 16.2. The predicted octanol–water partition coefficient (Wildman–Crippen LogP) is 21.5. The van der Waals surface area contributed by atoms with Crippen LogP contribution in [0.4, 0.5) is 22.7 Å². The van der Waals surface area contributed by atoms with Gasteiger partial charge in [-0.25, -0.2) is 0 Å². The molecule has 11 aromatic rings. The Hall–Kier alpha value is -9.50. The molecule has 0 saturated heterocycles. The van der Waals surface area contributed by atoms with Crippen molar-refractivity contribution in [3.63, 3.8) is 0 Å². The summed E-state index contributed by atoms with van der Waals surface area (Å²) < 4.78 is 0. The highest BCUT2D eigenvalue weighted by molar-refractivity contribution is 6.23. The lowest BCUT2D eigenvalue weighted by Crippen LogP contribution is -2.17. The quantitative estimate of drug-likeness (QED) is 0.126. The first-order valence-corrected chi connectivity index (χ1v) is 29.3. The lowest BCUT2D eigenvalue weighted by atomic mass is 9.79. The molecule has 11 aromatic carbocycles. The van der Waals surface area contributed by atoms with Gasteiger partial charge >= 0.3 is 0 Å². The summed E-state index contributed by atoms with van der Waals surface area (Å²) in [6, 6.07) is 91.1. The average Bonchev–Trinajstić information content (AvgIpc) is 3.86. The first-order chi connectivity index (χ1) is 40.2. The van der Waals surface area contributed by atoms with E-state index in [2.05, 4.69) is 317 Å². The minimum absolute atomic E-state index is 0.181. The average molecular weight is 1050 g/mol. The Morgan fingerprint density at radius 3 is 1.07 bits per heavy atom. The van der Waals surface area contributed by atoms with Crippen LogP contribution in [0.25, 0.3) is 66.1 Å². The van der Waals surface area contributed by atoms with Gasteiger partial charge in [0.25, 0.3) is 0 Å². The number of fused-ring (bicyclic) bond motifs is 8. The molecule has 82 heavy (non-hydrogen) atoms. The van der Waals surface area contributed by atoms with Crippen molar-refractivity contribution in [1.82, 2.24) is 0 Å². The first kappa shape index (κ1) is 49.5. The van der Waals surface area contributed by atoms with Gasteiger partial charge in [-0.1, -0.05) is 234 Å². The Balaban J connectivity index is 0.998. The number of anilines is 4. The highest BCUT2D eigenvalue weighted by Gasteiger charge is 2.37. The summed E-state index contributed by atoms with van der Waals surface area (Å²) in [7, 11) is 0. The van der Waals surface area contributed by atoms with E-state index in [-0.39, 0.29) is 10.8 Å². The van der Waals surface area contributed by atoms with Gasteiger partial charge in [0.2, 0.25) is 0 Å². The molecule has 394 valence electrons. The number of hydrogen-bond acceptors (Lipinski definition) is 2. The van der Waals surface area contributed by atoms with Crippen molar-refractivity contribution in [3.8, 4) is 44.5 Å².